The van der Waals surface area contributed by atoms with Crippen molar-refractivity contribution >= 4 is 21.7 Å². The van der Waals surface area contributed by atoms with Crippen LogP contribution in [0, 0.1) is 0 Å². The van der Waals surface area contributed by atoms with Crippen LogP contribution in [0.15, 0.2) is 59.5 Å². The largest absolute Gasteiger partial charge is 0.416 e. The molecule has 39 heavy (non-hydrogen) atoms. The molecular formula is C28H34F3N3O4S. The van der Waals surface area contributed by atoms with E-state index < -0.39 is 45.0 Å². The lowest BCUT2D eigenvalue weighted by molar-refractivity contribution is -0.138. The van der Waals surface area contributed by atoms with E-state index in [1.165, 1.54) is 6.07 Å². The molecule has 7 nitrogen and oxygen atoms in total. The minimum absolute atomic E-state index is 0.188. The molecule has 0 radical (unpaired) electrons. The first-order chi connectivity index (χ1) is 18.3. The molecule has 1 heterocycles. The molecular weight excluding hydrogens is 531 g/mol. The molecule has 2 aliphatic rings. The Kier molecular flexibility index (Phi) is 8.41. The van der Waals surface area contributed by atoms with Crippen LogP contribution < -0.4 is 10.6 Å². The maximum absolute atomic E-state index is 13.6. The van der Waals surface area contributed by atoms with Gasteiger partial charge in [0, 0.05) is 24.2 Å². The quantitative estimate of drug-likeness (QED) is 0.501. The standard InChI is InChI=1S/C28H34F3N3O4S/c1-19(2)32-22-11-14-27(15-12-22,18-39(37,38)23-9-4-3-5-10-23)34-16-13-24(26(34)36)33-25(35)20-7-6-8-21(17-20)28(29,30)31/h3-10,17,19,22,24,32H,11-16,18H2,1-2H3,(H,33,35)/t22?,24-,27?/m0/s1. The number of sulfone groups is 1. The Hall–Kier alpha value is -2.92. The molecule has 2 N–H and O–H groups in total. The van der Waals surface area contributed by atoms with Crippen molar-refractivity contribution in [1.82, 2.24) is 15.5 Å². The van der Waals surface area contributed by atoms with Crippen molar-refractivity contribution in [2.24, 2.45) is 0 Å². The van der Waals surface area contributed by atoms with E-state index in [2.05, 4.69) is 10.6 Å². The Morgan fingerprint density at radius 3 is 2.33 bits per heavy atom. The number of carbonyl (C=O) groups excluding carboxylic acids is 2. The maximum Gasteiger partial charge on any atom is 0.416 e. The third-order valence-electron chi connectivity index (χ3n) is 7.58. The van der Waals surface area contributed by atoms with E-state index in [0.29, 0.717) is 25.7 Å². The smallest absolute Gasteiger partial charge is 0.340 e. The number of hydrogen-bond acceptors (Lipinski definition) is 5. The van der Waals surface area contributed by atoms with Crippen LogP contribution in [-0.4, -0.2) is 61.1 Å². The molecule has 2 amide bonds. The lowest BCUT2D eigenvalue weighted by Gasteiger charge is -2.46. The molecule has 1 atom stereocenters. The van der Waals surface area contributed by atoms with Gasteiger partial charge in [0.05, 0.1) is 21.8 Å². The van der Waals surface area contributed by atoms with E-state index in [1.807, 2.05) is 13.8 Å². The zero-order chi connectivity index (χ0) is 28.4. The summed E-state index contributed by atoms with van der Waals surface area (Å²) in [7, 11) is -3.73. The summed E-state index contributed by atoms with van der Waals surface area (Å²) in [5.41, 5.74) is -2.10. The van der Waals surface area contributed by atoms with Crippen LogP contribution in [0.4, 0.5) is 13.2 Å². The Balaban J connectivity index is 1.55. The first-order valence-corrected chi connectivity index (χ1v) is 14.8. The summed E-state index contributed by atoms with van der Waals surface area (Å²) in [5.74, 6) is -1.43. The Bertz CT molecular complexity index is 1290. The van der Waals surface area contributed by atoms with Crippen molar-refractivity contribution in [2.45, 2.75) is 80.7 Å². The number of hydrogen-bond donors (Lipinski definition) is 2. The van der Waals surface area contributed by atoms with Crippen LogP contribution >= 0.6 is 0 Å². The molecule has 0 bridgehead atoms. The Morgan fingerprint density at radius 1 is 1.05 bits per heavy atom. The van der Waals surface area contributed by atoms with Crippen molar-refractivity contribution in [2.75, 3.05) is 12.3 Å². The Morgan fingerprint density at radius 2 is 1.72 bits per heavy atom. The molecule has 0 unspecified atom stereocenters. The number of likely N-dealkylation sites (tertiary alicyclic amines) is 1. The van der Waals surface area contributed by atoms with E-state index in [9.17, 15) is 31.2 Å². The molecule has 212 valence electrons. The van der Waals surface area contributed by atoms with E-state index in [-0.39, 0.29) is 41.3 Å². The molecule has 4 rings (SSSR count). The summed E-state index contributed by atoms with van der Waals surface area (Å²) in [4.78, 5) is 28.2. The van der Waals surface area contributed by atoms with Crippen molar-refractivity contribution < 1.29 is 31.2 Å². The first kappa shape index (κ1) is 29.1. The summed E-state index contributed by atoms with van der Waals surface area (Å²) >= 11 is 0. The predicted octanol–water partition coefficient (Wildman–Crippen LogP) is 4.19. The summed E-state index contributed by atoms with van der Waals surface area (Å²) in [6, 6.07) is 11.7. The molecule has 1 aliphatic heterocycles. The first-order valence-electron chi connectivity index (χ1n) is 13.1. The highest BCUT2D eigenvalue weighted by Gasteiger charge is 2.50. The zero-order valence-electron chi connectivity index (χ0n) is 22.0. The van der Waals surface area contributed by atoms with Crippen LogP contribution in [0.1, 0.15) is 61.9 Å². The van der Waals surface area contributed by atoms with E-state index in [4.69, 9.17) is 0 Å². The minimum Gasteiger partial charge on any atom is -0.340 e. The highest BCUT2D eigenvalue weighted by molar-refractivity contribution is 7.91. The molecule has 2 aromatic rings. The fourth-order valence-corrected chi connectivity index (χ4v) is 7.60. The van der Waals surface area contributed by atoms with Crippen molar-refractivity contribution in [3.05, 3.63) is 65.7 Å². The van der Waals surface area contributed by atoms with Gasteiger partial charge in [0.15, 0.2) is 9.84 Å². The van der Waals surface area contributed by atoms with Gasteiger partial charge >= 0.3 is 6.18 Å². The fourth-order valence-electron chi connectivity index (χ4n) is 5.71. The SMILES string of the molecule is CC(C)NC1CCC(CS(=O)(=O)c2ccccc2)(N2CC[C@H](NC(=O)c3cccc(C(F)(F)F)c3)C2=O)CC1. The molecule has 1 aliphatic carbocycles. The normalized spacial score (nSPS) is 24.3. The highest BCUT2D eigenvalue weighted by Crippen LogP contribution is 2.39. The lowest BCUT2D eigenvalue weighted by atomic mass is 9.79. The second-order valence-corrected chi connectivity index (χ2v) is 12.8. The summed E-state index contributed by atoms with van der Waals surface area (Å²) in [5, 5.41) is 6.07. The summed E-state index contributed by atoms with van der Waals surface area (Å²) < 4.78 is 66.3. The number of rotatable bonds is 8. The third-order valence-corrected chi connectivity index (χ3v) is 9.49. The van der Waals surface area contributed by atoms with Gasteiger partial charge in [0.25, 0.3) is 5.91 Å². The number of benzene rings is 2. The second-order valence-electron chi connectivity index (χ2n) is 10.8. The van der Waals surface area contributed by atoms with Gasteiger partial charge in [-0.3, -0.25) is 9.59 Å². The number of halogens is 3. The number of alkyl halides is 3. The predicted molar refractivity (Wildman–Crippen MR) is 141 cm³/mol. The van der Waals surface area contributed by atoms with Gasteiger partial charge < -0.3 is 15.5 Å². The van der Waals surface area contributed by atoms with Gasteiger partial charge in [-0.05, 0) is 62.4 Å². The van der Waals surface area contributed by atoms with Gasteiger partial charge in [-0.25, -0.2) is 8.42 Å². The molecule has 0 spiro atoms. The molecule has 2 aromatic carbocycles. The average molecular weight is 566 g/mol. The monoisotopic (exact) mass is 565 g/mol. The Labute approximate surface area is 227 Å². The van der Waals surface area contributed by atoms with Crippen molar-refractivity contribution in [1.29, 1.82) is 0 Å². The second kappa shape index (κ2) is 11.3. The van der Waals surface area contributed by atoms with Gasteiger partial charge in [0.1, 0.15) is 6.04 Å². The van der Waals surface area contributed by atoms with E-state index in [0.717, 1.165) is 18.2 Å². The van der Waals surface area contributed by atoms with Crippen molar-refractivity contribution in [3.63, 3.8) is 0 Å². The zero-order valence-corrected chi connectivity index (χ0v) is 22.8. The molecule has 11 heteroatoms. The average Bonchev–Trinajstić information content (AvgIpc) is 3.25. The number of amides is 2. The van der Waals surface area contributed by atoms with Crippen LogP contribution in [0.5, 0.6) is 0 Å². The van der Waals surface area contributed by atoms with Crippen LogP contribution in [-0.2, 0) is 20.8 Å². The lowest BCUT2D eigenvalue weighted by Crippen LogP contribution is -2.59. The van der Waals surface area contributed by atoms with Crippen molar-refractivity contribution in [3.8, 4) is 0 Å². The van der Waals surface area contributed by atoms with Crippen LogP contribution in [0.25, 0.3) is 0 Å². The van der Waals surface area contributed by atoms with Gasteiger partial charge in [-0.1, -0.05) is 38.1 Å². The third kappa shape index (κ3) is 6.63. The summed E-state index contributed by atoms with van der Waals surface area (Å²) in [6.45, 7) is 4.34. The van der Waals surface area contributed by atoms with Gasteiger partial charge in [0.2, 0.25) is 5.91 Å². The highest BCUT2D eigenvalue weighted by atomic mass is 32.2. The number of nitrogens with zero attached hydrogens (tertiary/aromatic N) is 1. The maximum atomic E-state index is 13.6. The number of carbonyl (C=O) groups is 2. The summed E-state index contributed by atoms with van der Waals surface area (Å²) in [6.07, 6.45) is -2.03. The van der Waals surface area contributed by atoms with Gasteiger partial charge in [-0.2, -0.15) is 13.2 Å². The molecule has 1 saturated heterocycles. The molecule has 2 fully saturated rings. The number of nitrogens with one attached hydrogen (secondary N) is 2. The topological polar surface area (TPSA) is 95.6 Å². The minimum atomic E-state index is -4.60. The van der Waals surface area contributed by atoms with Crippen LogP contribution in [0.2, 0.25) is 0 Å². The molecule has 1 saturated carbocycles. The van der Waals surface area contributed by atoms with Gasteiger partial charge in [-0.15, -0.1) is 0 Å². The fraction of sp³-hybridized carbons (Fsp3) is 0.500. The van der Waals surface area contributed by atoms with E-state index >= 15 is 0 Å². The van der Waals surface area contributed by atoms with Crippen LogP contribution in [0.3, 0.4) is 0 Å². The molecule has 0 aromatic heterocycles. The van der Waals surface area contributed by atoms with E-state index in [1.54, 1.807) is 35.2 Å².